The Labute approximate surface area is 147 Å². The number of para-hydroxylation sites is 1. The van der Waals surface area contributed by atoms with E-state index in [1.165, 1.54) is 12.1 Å². The fourth-order valence-electron chi connectivity index (χ4n) is 2.80. The molecule has 136 valence electrons. The average Bonchev–Trinajstić information content (AvgIpc) is 2.59. The highest BCUT2D eigenvalue weighted by molar-refractivity contribution is 5.88. The first-order valence-electron chi connectivity index (χ1n) is 8.29. The van der Waals surface area contributed by atoms with Crippen LogP contribution in [0.1, 0.15) is 30.4 Å². The van der Waals surface area contributed by atoms with Crippen molar-refractivity contribution in [3.8, 4) is 5.75 Å². The average molecular weight is 348 g/mol. The largest absolute Gasteiger partial charge is 0.493 e. The van der Waals surface area contributed by atoms with Crippen molar-refractivity contribution in [2.45, 2.75) is 33.1 Å². The Balaban J connectivity index is 1.81. The lowest BCUT2D eigenvalue weighted by Gasteiger charge is -2.31. The lowest BCUT2D eigenvalue weighted by molar-refractivity contribution is -0.156. The van der Waals surface area contributed by atoms with Crippen LogP contribution in [0.3, 0.4) is 0 Å². The summed E-state index contributed by atoms with van der Waals surface area (Å²) in [6.45, 7) is 4.49. The van der Waals surface area contributed by atoms with E-state index in [0.29, 0.717) is 13.0 Å². The van der Waals surface area contributed by atoms with Crippen LogP contribution in [0.4, 0.5) is 0 Å². The maximum Gasteiger partial charge on any atom is 0.311 e. The molecule has 0 spiro atoms. The van der Waals surface area contributed by atoms with E-state index in [1.54, 1.807) is 0 Å². The molecule has 0 bridgehead atoms. The van der Waals surface area contributed by atoms with Gasteiger partial charge in [-0.2, -0.15) is 0 Å². The number of rotatable bonds is 6. The van der Waals surface area contributed by atoms with Gasteiger partial charge in [-0.25, -0.2) is 0 Å². The molecule has 1 N–H and O–H groups in total. The number of hydrogen-bond acceptors (Lipinski definition) is 5. The Kier molecular flexibility index (Phi) is 6.38. The molecule has 1 unspecified atom stereocenters. The minimum atomic E-state index is -0.617. The van der Waals surface area contributed by atoms with Gasteiger partial charge in [0, 0.05) is 12.8 Å². The summed E-state index contributed by atoms with van der Waals surface area (Å²) in [5, 5.41) is 1.20. The second kappa shape index (κ2) is 8.50. The van der Waals surface area contributed by atoms with Gasteiger partial charge in [0.1, 0.15) is 5.75 Å². The third-order valence-corrected chi connectivity index (χ3v) is 4.12. The van der Waals surface area contributed by atoms with Gasteiger partial charge in [-0.3, -0.25) is 24.8 Å². The molecule has 7 nitrogen and oxygen atoms in total. The molecular formula is C18H24N2O5. The Morgan fingerprint density at radius 2 is 1.96 bits per heavy atom. The summed E-state index contributed by atoms with van der Waals surface area (Å²) in [7, 11) is 1.27. The number of nitrogens with zero attached hydrogens (tertiary/aromatic N) is 1. The Morgan fingerprint density at radius 3 is 2.60 bits per heavy atom. The fourth-order valence-corrected chi connectivity index (χ4v) is 2.80. The molecule has 1 aliphatic rings. The highest BCUT2D eigenvalue weighted by Gasteiger charge is 2.33. The lowest BCUT2D eigenvalue weighted by Crippen LogP contribution is -2.54. The summed E-state index contributed by atoms with van der Waals surface area (Å²) in [6.07, 6.45) is 0.771. The van der Waals surface area contributed by atoms with Crippen molar-refractivity contribution in [2.24, 2.45) is 5.92 Å². The van der Waals surface area contributed by atoms with E-state index in [9.17, 15) is 14.4 Å². The van der Waals surface area contributed by atoms with E-state index < -0.39 is 11.9 Å². The molecule has 0 aromatic heterocycles. The lowest BCUT2D eigenvalue weighted by atomic mass is 10.0. The number of nitrogens with one attached hydrogen (secondary N) is 1. The monoisotopic (exact) mass is 348 g/mol. The maximum absolute atomic E-state index is 12.2. The number of carbonyl (C=O) groups is 3. The maximum atomic E-state index is 12.2. The highest BCUT2D eigenvalue weighted by atomic mass is 16.5. The number of amides is 2. The summed E-state index contributed by atoms with van der Waals surface area (Å²) in [4.78, 5) is 35.5. The molecule has 0 radical (unpaired) electrons. The molecule has 0 aliphatic carbocycles. The molecule has 7 heteroatoms. The number of ether oxygens (including phenoxy) is 2. The molecule has 1 aromatic carbocycles. The summed E-state index contributed by atoms with van der Waals surface area (Å²) < 4.78 is 10.4. The zero-order valence-corrected chi connectivity index (χ0v) is 14.8. The van der Waals surface area contributed by atoms with E-state index in [4.69, 9.17) is 4.74 Å². The number of benzene rings is 1. The molecule has 25 heavy (non-hydrogen) atoms. The SMILES string of the molecule is COC(=O)C1CC(=O)NN(C(=O)CCCOc2c(C)cccc2C)C1. The second-order valence-corrected chi connectivity index (χ2v) is 6.14. The van der Waals surface area contributed by atoms with Crippen LogP contribution < -0.4 is 10.2 Å². The van der Waals surface area contributed by atoms with Gasteiger partial charge in [0.15, 0.2) is 0 Å². The minimum Gasteiger partial charge on any atom is -0.493 e. The summed E-state index contributed by atoms with van der Waals surface area (Å²) >= 11 is 0. The van der Waals surface area contributed by atoms with Gasteiger partial charge in [-0.15, -0.1) is 0 Å². The van der Waals surface area contributed by atoms with Gasteiger partial charge in [-0.1, -0.05) is 18.2 Å². The van der Waals surface area contributed by atoms with Crippen LogP contribution in [0.15, 0.2) is 18.2 Å². The van der Waals surface area contributed by atoms with Crippen LogP contribution in [-0.2, 0) is 19.1 Å². The van der Waals surface area contributed by atoms with Crippen LogP contribution in [0.25, 0.3) is 0 Å². The van der Waals surface area contributed by atoms with Crippen molar-refractivity contribution in [1.29, 1.82) is 0 Å². The number of aryl methyl sites for hydroxylation is 2. The smallest absolute Gasteiger partial charge is 0.311 e. The van der Waals surface area contributed by atoms with Crippen LogP contribution in [-0.4, -0.2) is 43.1 Å². The van der Waals surface area contributed by atoms with Crippen LogP contribution >= 0.6 is 0 Å². The fraction of sp³-hybridized carbons (Fsp3) is 0.500. The second-order valence-electron chi connectivity index (χ2n) is 6.14. The predicted molar refractivity (Wildman–Crippen MR) is 90.6 cm³/mol. The van der Waals surface area contributed by atoms with Crippen molar-refractivity contribution < 1.29 is 23.9 Å². The Bertz CT molecular complexity index is 639. The van der Waals surface area contributed by atoms with E-state index in [2.05, 4.69) is 10.2 Å². The van der Waals surface area contributed by atoms with E-state index in [-0.39, 0.29) is 31.2 Å². The van der Waals surface area contributed by atoms with Crippen LogP contribution in [0.2, 0.25) is 0 Å². The van der Waals surface area contributed by atoms with Crippen LogP contribution in [0, 0.1) is 19.8 Å². The molecule has 1 fully saturated rings. The first-order chi connectivity index (χ1) is 11.9. The quantitative estimate of drug-likeness (QED) is 0.622. The van der Waals surface area contributed by atoms with Gasteiger partial charge < -0.3 is 9.47 Å². The molecule has 1 aliphatic heterocycles. The first kappa shape index (κ1) is 18.8. The standard InChI is InChI=1S/C18H24N2O5/c1-12-6-4-7-13(2)17(12)25-9-5-8-16(22)20-11-14(18(23)24-3)10-15(21)19-20/h4,6-7,14H,5,8-11H2,1-3H3,(H,19,21). The number of hydrazine groups is 1. The normalized spacial score (nSPS) is 17.0. The van der Waals surface area contributed by atoms with Crippen molar-refractivity contribution in [2.75, 3.05) is 20.3 Å². The van der Waals surface area contributed by atoms with Crippen molar-refractivity contribution >= 4 is 17.8 Å². The van der Waals surface area contributed by atoms with Gasteiger partial charge in [0.2, 0.25) is 11.8 Å². The third-order valence-electron chi connectivity index (χ3n) is 4.12. The van der Waals surface area contributed by atoms with Crippen molar-refractivity contribution in [1.82, 2.24) is 10.4 Å². The van der Waals surface area contributed by atoms with E-state index in [1.807, 2.05) is 32.0 Å². The number of carbonyl (C=O) groups excluding carboxylic acids is 3. The molecule has 1 saturated heterocycles. The van der Waals surface area contributed by atoms with Gasteiger partial charge in [-0.05, 0) is 31.4 Å². The molecule has 2 amide bonds. The zero-order valence-electron chi connectivity index (χ0n) is 14.8. The van der Waals surface area contributed by atoms with E-state index >= 15 is 0 Å². The topological polar surface area (TPSA) is 84.9 Å². The number of esters is 1. The minimum absolute atomic E-state index is 0.0339. The molecule has 1 aromatic rings. The van der Waals surface area contributed by atoms with Crippen LogP contribution in [0.5, 0.6) is 5.75 Å². The molecule has 1 heterocycles. The van der Waals surface area contributed by atoms with Gasteiger partial charge in [0.25, 0.3) is 0 Å². The zero-order chi connectivity index (χ0) is 18.4. The molecule has 1 atom stereocenters. The Morgan fingerprint density at radius 1 is 1.28 bits per heavy atom. The molecule has 0 saturated carbocycles. The summed E-state index contributed by atoms with van der Waals surface area (Å²) in [6, 6.07) is 5.92. The van der Waals surface area contributed by atoms with E-state index in [0.717, 1.165) is 16.9 Å². The van der Waals surface area contributed by atoms with Crippen molar-refractivity contribution in [3.05, 3.63) is 29.3 Å². The molecular weight excluding hydrogens is 324 g/mol. The van der Waals surface area contributed by atoms with Crippen molar-refractivity contribution in [3.63, 3.8) is 0 Å². The highest BCUT2D eigenvalue weighted by Crippen LogP contribution is 2.22. The Hall–Kier alpha value is -2.57. The first-order valence-corrected chi connectivity index (χ1v) is 8.29. The number of methoxy groups -OCH3 is 1. The third kappa shape index (κ3) is 4.95. The predicted octanol–water partition coefficient (Wildman–Crippen LogP) is 1.52. The van der Waals surface area contributed by atoms with Gasteiger partial charge in [0.05, 0.1) is 26.2 Å². The number of hydrogen-bond donors (Lipinski definition) is 1. The summed E-state index contributed by atoms with van der Waals surface area (Å²) in [5.74, 6) is -0.861. The van der Waals surface area contributed by atoms with Gasteiger partial charge >= 0.3 is 5.97 Å². The molecule has 2 rings (SSSR count). The summed E-state index contributed by atoms with van der Waals surface area (Å²) in [5.41, 5.74) is 4.60.